The molecule has 0 aromatic carbocycles. The van der Waals surface area contributed by atoms with Gasteiger partial charge in [-0.25, -0.2) is 10.1 Å². The van der Waals surface area contributed by atoms with Gasteiger partial charge in [-0.1, -0.05) is 20.8 Å². The van der Waals surface area contributed by atoms with Crippen LogP contribution in [0, 0.1) is 13.8 Å². The number of nitrogens with zero attached hydrogens (tertiary/aromatic N) is 3. The number of nitrogens with one attached hydrogen (secondary N) is 2. The fourth-order valence-corrected chi connectivity index (χ4v) is 3.08. The van der Waals surface area contributed by atoms with Crippen molar-refractivity contribution in [2.75, 3.05) is 0 Å². The molecule has 2 N–H and O–H groups in total. The molecule has 0 fully saturated rings. The highest BCUT2D eigenvalue weighted by atomic mass is 16.2. The lowest BCUT2D eigenvalue weighted by atomic mass is 9.93. The highest BCUT2D eigenvalue weighted by Gasteiger charge is 2.26. The Morgan fingerprint density at radius 1 is 1.36 bits per heavy atom. The Balaban J connectivity index is 1.78. The van der Waals surface area contributed by atoms with Gasteiger partial charge in [-0.15, -0.1) is 0 Å². The summed E-state index contributed by atoms with van der Waals surface area (Å²) in [7, 11) is 0. The van der Waals surface area contributed by atoms with Crippen LogP contribution < -0.4 is 10.9 Å². The van der Waals surface area contributed by atoms with E-state index >= 15 is 0 Å². The fourth-order valence-electron chi connectivity index (χ4n) is 3.08. The molecule has 1 atom stereocenters. The topological polar surface area (TPSA) is 92.7 Å². The van der Waals surface area contributed by atoms with Crippen molar-refractivity contribution in [3.05, 3.63) is 44.9 Å². The van der Waals surface area contributed by atoms with Gasteiger partial charge < -0.3 is 9.88 Å². The van der Waals surface area contributed by atoms with Gasteiger partial charge >= 0.3 is 0 Å². The van der Waals surface area contributed by atoms with Crippen molar-refractivity contribution in [2.45, 2.75) is 65.5 Å². The Hall–Kier alpha value is -2.44. The molecule has 134 valence electrons. The maximum Gasteiger partial charge on any atom is 0.277 e. The van der Waals surface area contributed by atoms with E-state index < -0.39 is 5.56 Å². The van der Waals surface area contributed by atoms with Crippen LogP contribution in [0.2, 0.25) is 0 Å². The van der Waals surface area contributed by atoms with Crippen LogP contribution in [0.1, 0.15) is 60.3 Å². The molecule has 25 heavy (non-hydrogen) atoms. The van der Waals surface area contributed by atoms with Crippen molar-refractivity contribution in [3.63, 3.8) is 0 Å². The normalized spacial score (nSPS) is 17.2. The highest BCUT2D eigenvalue weighted by Crippen LogP contribution is 2.24. The van der Waals surface area contributed by atoms with Crippen molar-refractivity contribution in [2.24, 2.45) is 0 Å². The van der Waals surface area contributed by atoms with Gasteiger partial charge in [-0.05, 0) is 25.8 Å². The summed E-state index contributed by atoms with van der Waals surface area (Å²) in [4.78, 5) is 29.3. The van der Waals surface area contributed by atoms with Crippen LogP contribution in [0.4, 0.5) is 0 Å². The van der Waals surface area contributed by atoms with Crippen molar-refractivity contribution < 1.29 is 4.79 Å². The number of H-pyrrole nitrogens is 1. The fraction of sp³-hybridized carbons (Fsp3) is 0.556. The zero-order valence-electron chi connectivity index (χ0n) is 15.4. The summed E-state index contributed by atoms with van der Waals surface area (Å²) in [6, 6.07) is -0.0192. The Kier molecular flexibility index (Phi) is 4.26. The number of carbonyl (C=O) groups is 1. The van der Waals surface area contributed by atoms with Crippen molar-refractivity contribution >= 4 is 5.91 Å². The molecule has 0 unspecified atom stereocenters. The molecule has 0 saturated heterocycles. The second kappa shape index (κ2) is 6.13. The molecule has 1 aliphatic heterocycles. The molecule has 3 rings (SSSR count). The molecule has 1 aliphatic rings. The Morgan fingerprint density at radius 3 is 2.76 bits per heavy atom. The summed E-state index contributed by atoms with van der Waals surface area (Å²) in [5, 5.41) is 9.27. The van der Waals surface area contributed by atoms with E-state index in [-0.39, 0.29) is 22.9 Å². The van der Waals surface area contributed by atoms with E-state index in [1.807, 2.05) is 0 Å². The summed E-state index contributed by atoms with van der Waals surface area (Å²) in [5.41, 5.74) is 2.04. The van der Waals surface area contributed by atoms with E-state index in [1.165, 1.54) is 0 Å². The molecule has 0 aliphatic carbocycles. The van der Waals surface area contributed by atoms with E-state index in [4.69, 9.17) is 4.98 Å². The van der Waals surface area contributed by atoms with Crippen LogP contribution in [0.3, 0.4) is 0 Å². The van der Waals surface area contributed by atoms with Gasteiger partial charge in [0.2, 0.25) is 0 Å². The standard InChI is InChI=1S/C18H25N5O2/c1-10-11(2)21-22-17(25)15(10)16(24)19-12-6-7-14-20-13(18(3,4)5)9-23(14)8-12/h9,12H,6-8H2,1-5H3,(H,19,24)(H,22,25)/t12-/m0/s1. The number of amides is 1. The summed E-state index contributed by atoms with van der Waals surface area (Å²) in [6.07, 6.45) is 3.70. The van der Waals surface area contributed by atoms with Crippen LogP contribution in [0.5, 0.6) is 0 Å². The van der Waals surface area contributed by atoms with Gasteiger partial charge in [0, 0.05) is 30.6 Å². The molecule has 7 heteroatoms. The Bertz CT molecular complexity index is 873. The van der Waals surface area contributed by atoms with E-state index in [0.29, 0.717) is 17.8 Å². The first-order chi connectivity index (χ1) is 11.7. The average molecular weight is 343 g/mol. The zero-order valence-corrected chi connectivity index (χ0v) is 15.4. The number of aromatic amines is 1. The van der Waals surface area contributed by atoms with Crippen LogP contribution in [0.25, 0.3) is 0 Å². The minimum absolute atomic E-state index is 0.00204. The molecule has 0 spiro atoms. The second-order valence-corrected chi connectivity index (χ2v) is 7.79. The minimum atomic E-state index is -0.449. The van der Waals surface area contributed by atoms with Gasteiger partial charge in [0.05, 0.1) is 11.4 Å². The number of carbonyl (C=O) groups excluding carboxylic acids is 1. The second-order valence-electron chi connectivity index (χ2n) is 7.79. The monoisotopic (exact) mass is 343 g/mol. The number of hydrogen-bond acceptors (Lipinski definition) is 4. The van der Waals surface area contributed by atoms with Gasteiger partial charge in [-0.3, -0.25) is 9.59 Å². The van der Waals surface area contributed by atoms with Gasteiger partial charge in [0.25, 0.3) is 11.5 Å². The first-order valence-electron chi connectivity index (χ1n) is 8.60. The van der Waals surface area contributed by atoms with Crippen LogP contribution >= 0.6 is 0 Å². The molecule has 0 saturated carbocycles. The molecule has 7 nitrogen and oxygen atoms in total. The molecule has 2 aromatic rings. The van der Waals surface area contributed by atoms with Gasteiger partial charge in [0.15, 0.2) is 0 Å². The summed E-state index contributed by atoms with van der Waals surface area (Å²) >= 11 is 0. The van der Waals surface area contributed by atoms with Crippen LogP contribution in [0.15, 0.2) is 11.0 Å². The minimum Gasteiger partial charge on any atom is -0.347 e. The number of fused-ring (bicyclic) bond motifs is 1. The Morgan fingerprint density at radius 2 is 2.08 bits per heavy atom. The average Bonchev–Trinajstić information content (AvgIpc) is 2.95. The molecule has 0 radical (unpaired) electrons. The largest absolute Gasteiger partial charge is 0.347 e. The predicted molar refractivity (Wildman–Crippen MR) is 94.8 cm³/mol. The predicted octanol–water partition coefficient (Wildman–Crippen LogP) is 1.63. The van der Waals surface area contributed by atoms with Crippen LogP contribution in [-0.4, -0.2) is 31.7 Å². The van der Waals surface area contributed by atoms with Crippen molar-refractivity contribution in [1.82, 2.24) is 25.1 Å². The lowest BCUT2D eigenvalue weighted by molar-refractivity contribution is 0.0925. The summed E-state index contributed by atoms with van der Waals surface area (Å²) in [5.74, 6) is 0.720. The number of aryl methyl sites for hydroxylation is 2. The number of rotatable bonds is 2. The number of imidazole rings is 1. The third-order valence-corrected chi connectivity index (χ3v) is 4.79. The lowest BCUT2D eigenvalue weighted by Gasteiger charge is -2.24. The maximum atomic E-state index is 12.6. The third kappa shape index (κ3) is 3.36. The first-order valence-corrected chi connectivity index (χ1v) is 8.60. The third-order valence-electron chi connectivity index (χ3n) is 4.79. The Labute approximate surface area is 146 Å². The number of hydrogen-bond donors (Lipinski definition) is 2. The SMILES string of the molecule is Cc1n[nH]c(=O)c(C(=O)N[C@H]2CCc3nc(C(C)(C)C)cn3C2)c1C. The van der Waals surface area contributed by atoms with E-state index in [1.54, 1.807) is 13.8 Å². The smallest absolute Gasteiger partial charge is 0.277 e. The van der Waals surface area contributed by atoms with E-state index in [2.05, 4.69) is 47.0 Å². The summed E-state index contributed by atoms with van der Waals surface area (Å²) in [6.45, 7) is 10.6. The number of aromatic nitrogens is 4. The van der Waals surface area contributed by atoms with Crippen molar-refractivity contribution in [3.8, 4) is 0 Å². The zero-order chi connectivity index (χ0) is 18.4. The molecule has 2 aromatic heterocycles. The molecule has 0 bridgehead atoms. The quantitative estimate of drug-likeness (QED) is 0.867. The molecular weight excluding hydrogens is 318 g/mol. The van der Waals surface area contributed by atoms with E-state index in [0.717, 1.165) is 24.4 Å². The molecule has 3 heterocycles. The maximum absolute atomic E-state index is 12.6. The van der Waals surface area contributed by atoms with Crippen LogP contribution in [-0.2, 0) is 18.4 Å². The van der Waals surface area contributed by atoms with Crippen molar-refractivity contribution in [1.29, 1.82) is 0 Å². The summed E-state index contributed by atoms with van der Waals surface area (Å²) < 4.78 is 2.11. The molecular formula is C18H25N5O2. The first kappa shape index (κ1) is 17.4. The molecule has 1 amide bonds. The van der Waals surface area contributed by atoms with E-state index in [9.17, 15) is 9.59 Å². The van der Waals surface area contributed by atoms with Gasteiger partial charge in [0.1, 0.15) is 11.4 Å². The highest BCUT2D eigenvalue weighted by molar-refractivity contribution is 5.95. The van der Waals surface area contributed by atoms with Gasteiger partial charge in [-0.2, -0.15) is 5.10 Å². The lowest BCUT2D eigenvalue weighted by Crippen LogP contribution is -2.43.